The highest BCUT2D eigenvalue weighted by atomic mass is 16.6. The highest BCUT2D eigenvalue weighted by Gasteiger charge is 2.39. The molecule has 1 aliphatic heterocycles. The second kappa shape index (κ2) is 6.16. The molecule has 1 N–H and O–H groups in total. The van der Waals surface area contributed by atoms with Gasteiger partial charge in [-0.2, -0.15) is 0 Å². The Balaban J connectivity index is 1.53. The molecule has 3 rings (SSSR count). The summed E-state index contributed by atoms with van der Waals surface area (Å²) in [5.41, 5.74) is 2.24. The van der Waals surface area contributed by atoms with Crippen LogP contribution in [0.4, 0.5) is 4.79 Å². The lowest BCUT2D eigenvalue weighted by atomic mass is 9.98. The van der Waals surface area contributed by atoms with Crippen molar-refractivity contribution in [3.05, 3.63) is 35.4 Å². The van der Waals surface area contributed by atoms with Crippen LogP contribution in [0, 0.1) is 12.8 Å². The maximum atomic E-state index is 12.0. The summed E-state index contributed by atoms with van der Waals surface area (Å²) in [6, 6.07) is 9.61. The summed E-state index contributed by atoms with van der Waals surface area (Å²) in [7, 11) is 0. The molecule has 0 aromatic heterocycles. The standard InChI is InChI=1S/C19H28N2O2/c1-13-5-7-14(8-6-13)17(15-9-10-15)20-16-11-21(12-16)18(22)23-19(2,3)4/h5-8,15-17,20H,9-12H2,1-4H3. The molecule has 2 fully saturated rings. The number of nitrogens with zero attached hydrogens (tertiary/aromatic N) is 1. The van der Waals surface area contributed by atoms with E-state index >= 15 is 0 Å². The Labute approximate surface area is 139 Å². The van der Waals surface area contributed by atoms with Crippen molar-refractivity contribution in [2.45, 2.75) is 58.2 Å². The molecule has 0 radical (unpaired) electrons. The molecule has 126 valence electrons. The first-order chi connectivity index (χ1) is 10.8. The van der Waals surface area contributed by atoms with Gasteiger partial charge >= 0.3 is 6.09 Å². The van der Waals surface area contributed by atoms with Crippen molar-refractivity contribution in [3.63, 3.8) is 0 Å². The Hall–Kier alpha value is -1.55. The molecule has 2 aliphatic rings. The third-order valence-electron chi connectivity index (χ3n) is 4.48. The van der Waals surface area contributed by atoms with E-state index in [0.29, 0.717) is 12.1 Å². The van der Waals surface area contributed by atoms with Gasteiger partial charge in [0.15, 0.2) is 0 Å². The molecule has 1 aliphatic carbocycles. The van der Waals surface area contributed by atoms with E-state index in [9.17, 15) is 4.79 Å². The summed E-state index contributed by atoms with van der Waals surface area (Å²) >= 11 is 0. The Morgan fingerprint density at radius 2 is 1.83 bits per heavy atom. The average molecular weight is 316 g/mol. The van der Waals surface area contributed by atoms with Crippen molar-refractivity contribution in [1.29, 1.82) is 0 Å². The largest absolute Gasteiger partial charge is 0.444 e. The number of carbonyl (C=O) groups excluding carboxylic acids is 1. The number of aryl methyl sites for hydroxylation is 1. The Morgan fingerprint density at radius 3 is 2.35 bits per heavy atom. The molecular weight excluding hydrogens is 288 g/mol. The molecular formula is C19H28N2O2. The fourth-order valence-electron chi connectivity index (χ4n) is 3.02. The van der Waals surface area contributed by atoms with Crippen molar-refractivity contribution in [1.82, 2.24) is 10.2 Å². The monoisotopic (exact) mass is 316 g/mol. The van der Waals surface area contributed by atoms with Gasteiger partial charge in [-0.1, -0.05) is 29.8 Å². The van der Waals surface area contributed by atoms with Gasteiger partial charge in [0.2, 0.25) is 0 Å². The van der Waals surface area contributed by atoms with Gasteiger partial charge in [-0.25, -0.2) is 4.79 Å². The van der Waals surface area contributed by atoms with E-state index in [0.717, 1.165) is 19.0 Å². The first kappa shape index (κ1) is 16.3. The summed E-state index contributed by atoms with van der Waals surface area (Å²) in [5.74, 6) is 0.744. The fourth-order valence-corrected chi connectivity index (χ4v) is 3.02. The molecule has 23 heavy (non-hydrogen) atoms. The lowest BCUT2D eigenvalue weighted by Gasteiger charge is -2.42. The van der Waals surface area contributed by atoms with E-state index in [4.69, 9.17) is 4.74 Å². The van der Waals surface area contributed by atoms with E-state index in [2.05, 4.69) is 36.5 Å². The van der Waals surface area contributed by atoms with Gasteiger partial charge in [-0.05, 0) is 52.0 Å². The molecule has 1 atom stereocenters. The Bertz CT molecular complexity index is 552. The lowest BCUT2D eigenvalue weighted by Crippen LogP contribution is -2.61. The van der Waals surface area contributed by atoms with Crippen molar-refractivity contribution in [3.8, 4) is 0 Å². The second-order valence-corrected chi connectivity index (χ2v) is 7.97. The first-order valence-corrected chi connectivity index (χ1v) is 8.62. The third-order valence-corrected chi connectivity index (χ3v) is 4.48. The van der Waals surface area contributed by atoms with Crippen molar-refractivity contribution in [2.75, 3.05) is 13.1 Å². The van der Waals surface area contributed by atoms with Crippen LogP contribution in [0.25, 0.3) is 0 Å². The lowest BCUT2D eigenvalue weighted by molar-refractivity contribution is 0.00384. The number of hydrogen-bond acceptors (Lipinski definition) is 3. The van der Waals surface area contributed by atoms with Crippen molar-refractivity contribution in [2.24, 2.45) is 5.92 Å². The Kier molecular flexibility index (Phi) is 4.37. The van der Waals surface area contributed by atoms with Gasteiger partial charge in [-0.3, -0.25) is 0 Å². The number of amides is 1. The number of hydrogen-bond donors (Lipinski definition) is 1. The number of benzene rings is 1. The van der Waals surface area contributed by atoms with E-state index in [1.807, 2.05) is 20.8 Å². The summed E-state index contributed by atoms with van der Waals surface area (Å²) in [6.45, 7) is 9.31. The average Bonchev–Trinajstić information content (AvgIpc) is 3.21. The number of rotatable bonds is 4. The van der Waals surface area contributed by atoms with Gasteiger partial charge in [0, 0.05) is 25.2 Å². The van der Waals surface area contributed by atoms with Crippen molar-refractivity contribution < 1.29 is 9.53 Å². The minimum absolute atomic E-state index is 0.200. The van der Waals surface area contributed by atoms with Crippen LogP contribution in [0.2, 0.25) is 0 Å². The zero-order valence-electron chi connectivity index (χ0n) is 14.6. The quantitative estimate of drug-likeness (QED) is 0.922. The molecule has 0 bridgehead atoms. The van der Waals surface area contributed by atoms with Crippen LogP contribution in [0.3, 0.4) is 0 Å². The van der Waals surface area contributed by atoms with Crippen LogP contribution in [0.5, 0.6) is 0 Å². The van der Waals surface area contributed by atoms with Gasteiger partial charge in [0.05, 0.1) is 0 Å². The van der Waals surface area contributed by atoms with E-state index in [1.165, 1.54) is 24.0 Å². The molecule has 1 aromatic carbocycles. The van der Waals surface area contributed by atoms with Crippen LogP contribution < -0.4 is 5.32 Å². The minimum Gasteiger partial charge on any atom is -0.444 e. The summed E-state index contributed by atoms with van der Waals surface area (Å²) in [6.07, 6.45) is 2.40. The van der Waals surface area contributed by atoms with E-state index < -0.39 is 5.60 Å². The van der Waals surface area contributed by atoms with Gasteiger partial charge in [-0.15, -0.1) is 0 Å². The zero-order valence-corrected chi connectivity index (χ0v) is 14.6. The molecule has 4 nitrogen and oxygen atoms in total. The summed E-state index contributed by atoms with van der Waals surface area (Å²) in [4.78, 5) is 13.8. The van der Waals surface area contributed by atoms with Crippen LogP contribution in [-0.4, -0.2) is 35.7 Å². The number of nitrogens with one attached hydrogen (secondary N) is 1. The minimum atomic E-state index is -0.423. The summed E-state index contributed by atoms with van der Waals surface area (Å²) in [5, 5.41) is 3.75. The topological polar surface area (TPSA) is 41.6 Å². The SMILES string of the molecule is Cc1ccc(C(NC2CN(C(=O)OC(C)(C)C)C2)C2CC2)cc1. The second-order valence-electron chi connectivity index (χ2n) is 7.97. The zero-order chi connectivity index (χ0) is 16.6. The van der Waals surface area contributed by atoms with Crippen LogP contribution in [-0.2, 0) is 4.74 Å². The highest BCUT2D eigenvalue weighted by Crippen LogP contribution is 2.41. The molecule has 1 saturated carbocycles. The van der Waals surface area contributed by atoms with E-state index in [1.54, 1.807) is 4.90 Å². The third kappa shape index (κ3) is 4.25. The highest BCUT2D eigenvalue weighted by molar-refractivity contribution is 5.69. The van der Waals surface area contributed by atoms with Crippen LogP contribution >= 0.6 is 0 Å². The van der Waals surface area contributed by atoms with E-state index in [-0.39, 0.29) is 6.09 Å². The first-order valence-electron chi connectivity index (χ1n) is 8.62. The number of carbonyl (C=O) groups is 1. The van der Waals surface area contributed by atoms with Gasteiger partial charge in [0.1, 0.15) is 5.60 Å². The molecule has 4 heteroatoms. The van der Waals surface area contributed by atoms with Gasteiger partial charge < -0.3 is 15.0 Å². The maximum absolute atomic E-state index is 12.0. The normalized spacial score (nSPS) is 20.1. The van der Waals surface area contributed by atoms with Crippen LogP contribution in [0.15, 0.2) is 24.3 Å². The molecule has 1 saturated heterocycles. The predicted molar refractivity (Wildman–Crippen MR) is 91.4 cm³/mol. The number of ether oxygens (including phenoxy) is 1. The van der Waals surface area contributed by atoms with Gasteiger partial charge in [0.25, 0.3) is 0 Å². The van der Waals surface area contributed by atoms with Crippen LogP contribution in [0.1, 0.15) is 50.8 Å². The smallest absolute Gasteiger partial charge is 0.410 e. The predicted octanol–water partition coefficient (Wildman–Crippen LogP) is 3.66. The molecule has 0 spiro atoms. The molecule has 1 amide bonds. The Morgan fingerprint density at radius 1 is 1.22 bits per heavy atom. The molecule has 1 unspecified atom stereocenters. The fraction of sp³-hybridized carbons (Fsp3) is 0.632. The molecule has 1 heterocycles. The van der Waals surface area contributed by atoms with Crippen molar-refractivity contribution >= 4 is 6.09 Å². The summed E-state index contributed by atoms with van der Waals surface area (Å²) < 4.78 is 5.41. The maximum Gasteiger partial charge on any atom is 0.410 e. The number of likely N-dealkylation sites (tertiary alicyclic amines) is 1. The molecule has 1 aromatic rings.